The third kappa shape index (κ3) is 3.65. The molecule has 0 spiro atoms. The third-order valence-corrected chi connectivity index (χ3v) is 6.34. The fourth-order valence-electron chi connectivity index (χ4n) is 4.52. The molecule has 34 heavy (non-hydrogen) atoms. The Kier molecular flexibility index (Phi) is 6.34. The monoisotopic (exact) mass is 471 g/mol. The molecule has 0 radical (unpaired) electrons. The Morgan fingerprint density at radius 3 is 2.32 bits per heavy atom. The van der Waals surface area contributed by atoms with E-state index in [0.717, 1.165) is 6.08 Å². The van der Waals surface area contributed by atoms with Crippen LogP contribution in [0.4, 0.5) is 0 Å². The number of hydrogen-bond donors (Lipinski definition) is 3. The lowest BCUT2D eigenvalue weighted by Crippen LogP contribution is -2.43. The number of rotatable bonds is 6. The summed E-state index contributed by atoms with van der Waals surface area (Å²) in [5, 5.41) is 24.3. The van der Waals surface area contributed by atoms with E-state index >= 15 is 0 Å². The van der Waals surface area contributed by atoms with Gasteiger partial charge in [0.25, 0.3) is 0 Å². The summed E-state index contributed by atoms with van der Waals surface area (Å²) in [6.07, 6.45) is 1.54. The Morgan fingerprint density at radius 2 is 1.79 bits per heavy atom. The molecule has 9 nitrogen and oxygen atoms in total. The summed E-state index contributed by atoms with van der Waals surface area (Å²) in [6.45, 7) is 9.49. The van der Waals surface area contributed by atoms with Crippen molar-refractivity contribution in [1.29, 1.82) is 0 Å². The summed E-state index contributed by atoms with van der Waals surface area (Å²) in [4.78, 5) is 51.3. The lowest BCUT2D eigenvalue weighted by molar-refractivity contribution is -0.143. The first-order valence-corrected chi connectivity index (χ1v) is 10.9. The minimum atomic E-state index is -1.62. The molecule has 3 N–H and O–H groups in total. The number of allylic oxidation sites excluding steroid dienone is 4. The van der Waals surface area contributed by atoms with Gasteiger partial charge in [-0.3, -0.25) is 14.4 Å². The highest BCUT2D eigenvalue weighted by atomic mass is 16.5. The quantitative estimate of drug-likeness (QED) is 0.247. The van der Waals surface area contributed by atoms with Crippen LogP contribution in [0.1, 0.15) is 62.5 Å². The van der Waals surface area contributed by atoms with Gasteiger partial charge >= 0.3 is 5.97 Å². The van der Waals surface area contributed by atoms with Gasteiger partial charge in [-0.1, -0.05) is 13.8 Å². The Balaban J connectivity index is 2.20. The van der Waals surface area contributed by atoms with Crippen LogP contribution in [0.2, 0.25) is 0 Å². The van der Waals surface area contributed by atoms with Crippen molar-refractivity contribution in [3.63, 3.8) is 0 Å². The number of phenols is 2. The fraction of sp³-hybridized carbons (Fsp3) is 0.440. The van der Waals surface area contributed by atoms with E-state index in [-0.39, 0.29) is 45.4 Å². The van der Waals surface area contributed by atoms with Crippen molar-refractivity contribution in [2.24, 2.45) is 5.92 Å². The van der Waals surface area contributed by atoms with E-state index < -0.39 is 46.3 Å². The van der Waals surface area contributed by atoms with Gasteiger partial charge in [0.15, 0.2) is 17.3 Å². The second kappa shape index (κ2) is 8.62. The molecule has 0 saturated heterocycles. The van der Waals surface area contributed by atoms with E-state index in [0.29, 0.717) is 6.42 Å². The number of methoxy groups -OCH3 is 1. The smallest absolute Gasteiger partial charge is 0.328 e. The van der Waals surface area contributed by atoms with Crippen molar-refractivity contribution in [2.45, 2.75) is 59.4 Å². The Bertz CT molecular complexity index is 1190. The summed E-state index contributed by atoms with van der Waals surface area (Å²) in [7, 11) is 1.26. The minimum Gasteiger partial charge on any atom is -0.507 e. The maximum atomic E-state index is 13.8. The maximum absolute atomic E-state index is 13.8. The van der Waals surface area contributed by atoms with Gasteiger partial charge in [0.2, 0.25) is 0 Å². The molecule has 1 heterocycles. The average molecular weight is 472 g/mol. The first-order chi connectivity index (χ1) is 15.8. The lowest BCUT2D eigenvalue weighted by atomic mass is 9.70. The van der Waals surface area contributed by atoms with Crippen LogP contribution in [0.3, 0.4) is 0 Å². The summed E-state index contributed by atoms with van der Waals surface area (Å²) in [5.41, 5.74) is -1.79. The van der Waals surface area contributed by atoms with Crippen molar-refractivity contribution >= 4 is 23.3 Å². The van der Waals surface area contributed by atoms with Crippen molar-refractivity contribution in [3.8, 4) is 17.2 Å². The largest absolute Gasteiger partial charge is 0.507 e. The Hall–Kier alpha value is -3.62. The number of esters is 1. The molecule has 2 aliphatic rings. The van der Waals surface area contributed by atoms with E-state index in [4.69, 9.17) is 9.47 Å². The number of ether oxygens (including phenoxy) is 2. The van der Waals surface area contributed by atoms with Crippen LogP contribution in [-0.2, 0) is 24.5 Å². The molecule has 3 rings (SSSR count). The maximum Gasteiger partial charge on any atom is 0.328 e. The van der Waals surface area contributed by atoms with Gasteiger partial charge in [-0.25, -0.2) is 4.79 Å². The summed E-state index contributed by atoms with van der Waals surface area (Å²) in [5.74, 6) is -3.29. The predicted octanol–water partition coefficient (Wildman–Crippen LogP) is 2.75. The van der Waals surface area contributed by atoms with Crippen LogP contribution in [0.15, 0.2) is 23.1 Å². The molecule has 1 aromatic rings. The van der Waals surface area contributed by atoms with Crippen LogP contribution >= 0.6 is 0 Å². The molecule has 0 saturated carbocycles. The molecular formula is C25H29NO8. The number of fused-ring (bicyclic) bond motifs is 3. The lowest BCUT2D eigenvalue weighted by Gasteiger charge is -2.30. The fourth-order valence-corrected chi connectivity index (χ4v) is 4.52. The first-order valence-electron chi connectivity index (χ1n) is 10.9. The summed E-state index contributed by atoms with van der Waals surface area (Å²) < 4.78 is 10.6. The topological polar surface area (TPSA) is 139 Å². The SMILES string of the molecule is COC(=O)[C@@H](CC(C)C)N/C(C)=C1\C(=O)C=C2Oc3c(C(C)=O)c(O)c(C)c(O)c3[C@]2(C)C1=O. The Labute approximate surface area is 197 Å². The van der Waals surface area contributed by atoms with Gasteiger partial charge in [0.1, 0.15) is 40.0 Å². The van der Waals surface area contributed by atoms with Crippen LogP contribution in [0, 0.1) is 12.8 Å². The molecule has 0 unspecified atom stereocenters. The highest BCUT2D eigenvalue weighted by Crippen LogP contribution is 2.57. The zero-order valence-corrected chi connectivity index (χ0v) is 20.3. The van der Waals surface area contributed by atoms with E-state index in [9.17, 15) is 29.4 Å². The summed E-state index contributed by atoms with van der Waals surface area (Å²) in [6, 6.07) is -0.777. The van der Waals surface area contributed by atoms with Crippen molar-refractivity contribution in [2.75, 3.05) is 7.11 Å². The molecule has 0 bridgehead atoms. The van der Waals surface area contributed by atoms with Crippen molar-refractivity contribution in [3.05, 3.63) is 39.8 Å². The van der Waals surface area contributed by atoms with Crippen molar-refractivity contribution in [1.82, 2.24) is 5.32 Å². The molecule has 9 heteroatoms. The number of Topliss-reactive ketones (excluding diaryl/α,β-unsaturated/α-hetero) is 2. The van der Waals surface area contributed by atoms with Gasteiger partial charge in [-0.15, -0.1) is 0 Å². The van der Waals surface area contributed by atoms with Crippen LogP contribution in [-0.4, -0.2) is 46.7 Å². The number of benzene rings is 1. The average Bonchev–Trinajstić information content (AvgIpc) is 3.03. The highest BCUT2D eigenvalue weighted by molar-refractivity contribution is 6.31. The molecule has 0 fully saturated rings. The molecule has 2 atom stereocenters. The normalized spacial score (nSPS) is 21.4. The minimum absolute atomic E-state index is 0.00810. The molecular weight excluding hydrogens is 442 g/mol. The number of carbonyl (C=O) groups is 4. The second-order valence-corrected chi connectivity index (χ2v) is 9.24. The van der Waals surface area contributed by atoms with E-state index in [1.165, 1.54) is 34.8 Å². The third-order valence-electron chi connectivity index (χ3n) is 6.34. The number of carbonyl (C=O) groups excluding carboxylic acids is 4. The molecule has 1 aliphatic heterocycles. The highest BCUT2D eigenvalue weighted by Gasteiger charge is 2.56. The van der Waals surface area contributed by atoms with Crippen molar-refractivity contribution < 1.29 is 38.9 Å². The van der Waals surface area contributed by atoms with Gasteiger partial charge in [-0.05, 0) is 40.0 Å². The van der Waals surface area contributed by atoms with Crippen LogP contribution < -0.4 is 10.1 Å². The standard InChI is InChI=1S/C25H29NO8/c1-10(2)8-14(24(32)33-7)26-12(4)17-15(28)9-16-25(6,23(17)31)19-21(30)11(3)20(29)18(13(5)27)22(19)34-16/h9-10,14,26,29-30H,8H2,1-7H3/b17-12+/t14-,25-/m1/s1. The number of aromatic hydroxyl groups is 2. The van der Waals surface area contributed by atoms with Gasteiger partial charge < -0.3 is 25.0 Å². The zero-order valence-electron chi connectivity index (χ0n) is 20.3. The first kappa shape index (κ1) is 25.0. The molecule has 1 aliphatic carbocycles. The van der Waals surface area contributed by atoms with Crippen LogP contribution in [0.5, 0.6) is 17.2 Å². The molecule has 1 aromatic carbocycles. The van der Waals surface area contributed by atoms with Gasteiger partial charge in [0, 0.05) is 17.3 Å². The Morgan fingerprint density at radius 1 is 1.18 bits per heavy atom. The number of nitrogens with one attached hydrogen (secondary N) is 1. The number of phenolic OH excluding ortho intramolecular Hbond substituents is 2. The zero-order chi connectivity index (χ0) is 25.7. The molecule has 0 aromatic heterocycles. The van der Waals surface area contributed by atoms with Crippen LogP contribution in [0.25, 0.3) is 0 Å². The van der Waals surface area contributed by atoms with E-state index in [1.54, 1.807) is 0 Å². The molecule has 0 amide bonds. The molecule has 182 valence electrons. The number of hydrogen-bond acceptors (Lipinski definition) is 9. The van der Waals surface area contributed by atoms with Gasteiger partial charge in [-0.2, -0.15) is 0 Å². The van der Waals surface area contributed by atoms with E-state index in [1.807, 2.05) is 13.8 Å². The predicted molar refractivity (Wildman–Crippen MR) is 122 cm³/mol. The number of ketones is 3. The van der Waals surface area contributed by atoms with Gasteiger partial charge in [0.05, 0.1) is 18.2 Å². The summed E-state index contributed by atoms with van der Waals surface area (Å²) >= 11 is 0. The second-order valence-electron chi connectivity index (χ2n) is 9.24. The van der Waals surface area contributed by atoms with E-state index in [2.05, 4.69) is 5.32 Å².